The number of H-pyrrole nitrogens is 1. The molecule has 0 saturated heterocycles. The molecule has 0 saturated carbocycles. The van der Waals surface area contributed by atoms with Gasteiger partial charge in [-0.1, -0.05) is 6.07 Å². The maximum Gasteiger partial charge on any atom is 0.333 e. The lowest BCUT2D eigenvalue weighted by atomic mass is 9.99. The van der Waals surface area contributed by atoms with Gasteiger partial charge in [-0.05, 0) is 24.3 Å². The van der Waals surface area contributed by atoms with E-state index in [1.54, 1.807) is 10.8 Å². The first-order valence-electron chi connectivity index (χ1n) is 8.72. The number of hydrogen-bond donors (Lipinski definition) is 1. The van der Waals surface area contributed by atoms with Gasteiger partial charge >= 0.3 is 6.55 Å². The first-order chi connectivity index (χ1) is 13.6. The number of aromatic amines is 1. The van der Waals surface area contributed by atoms with E-state index in [1.165, 1.54) is 17.2 Å². The van der Waals surface area contributed by atoms with E-state index < -0.39 is 18.5 Å². The lowest BCUT2D eigenvalue weighted by Crippen LogP contribution is -2.41. The average Bonchev–Trinajstić information content (AvgIpc) is 3.44. The lowest BCUT2D eigenvalue weighted by Gasteiger charge is -2.33. The van der Waals surface area contributed by atoms with Crippen molar-refractivity contribution in [1.82, 2.24) is 34.3 Å². The molecule has 1 N–H and O–H groups in total. The molecule has 5 heterocycles. The molecule has 4 aromatic rings. The molecule has 1 aliphatic heterocycles. The first kappa shape index (κ1) is 16.6. The molecule has 10 heteroatoms. The number of hydrogen-bond acceptors (Lipinski definition) is 4. The van der Waals surface area contributed by atoms with Crippen LogP contribution >= 0.6 is 0 Å². The van der Waals surface area contributed by atoms with Crippen LogP contribution in [0, 0.1) is 0 Å². The summed E-state index contributed by atoms with van der Waals surface area (Å²) in [5.74, 6) is -0.534. The number of carbonyl (C=O) groups is 1. The van der Waals surface area contributed by atoms with Gasteiger partial charge < -0.3 is 9.88 Å². The normalized spacial score (nSPS) is 16.7. The van der Waals surface area contributed by atoms with E-state index in [9.17, 15) is 13.6 Å². The van der Waals surface area contributed by atoms with Gasteiger partial charge in [0.05, 0.1) is 23.2 Å². The Morgan fingerprint density at radius 3 is 3.00 bits per heavy atom. The van der Waals surface area contributed by atoms with Crippen LogP contribution in [-0.4, -0.2) is 46.7 Å². The number of alkyl halides is 2. The number of aromatic nitrogens is 6. The predicted molar refractivity (Wildman–Crippen MR) is 93.8 cm³/mol. The molecule has 1 atom stereocenters. The third-order valence-corrected chi connectivity index (χ3v) is 4.93. The Hall–Kier alpha value is -3.56. The number of fused-ring (bicyclic) bond motifs is 2. The van der Waals surface area contributed by atoms with Crippen LogP contribution < -0.4 is 0 Å². The molecule has 28 heavy (non-hydrogen) atoms. The fourth-order valence-corrected chi connectivity index (χ4v) is 3.67. The molecule has 0 aromatic carbocycles. The van der Waals surface area contributed by atoms with Gasteiger partial charge in [-0.2, -0.15) is 23.7 Å². The summed E-state index contributed by atoms with van der Waals surface area (Å²) >= 11 is 0. The second-order valence-corrected chi connectivity index (χ2v) is 6.50. The molecule has 1 aliphatic rings. The van der Waals surface area contributed by atoms with Crippen molar-refractivity contribution in [2.75, 3.05) is 6.54 Å². The van der Waals surface area contributed by atoms with Crippen molar-refractivity contribution in [3.63, 3.8) is 0 Å². The molecule has 0 aliphatic carbocycles. The van der Waals surface area contributed by atoms with E-state index >= 15 is 0 Å². The predicted octanol–water partition coefficient (Wildman–Crippen LogP) is 2.44. The summed E-state index contributed by atoms with van der Waals surface area (Å²) in [6.07, 6.45) is 5.13. The van der Waals surface area contributed by atoms with Crippen molar-refractivity contribution >= 4 is 11.4 Å². The summed E-state index contributed by atoms with van der Waals surface area (Å²) in [6.45, 7) is -2.55. The van der Waals surface area contributed by atoms with Crippen molar-refractivity contribution in [2.24, 2.45) is 0 Å². The highest BCUT2D eigenvalue weighted by Gasteiger charge is 2.37. The van der Waals surface area contributed by atoms with Crippen molar-refractivity contribution in [3.8, 4) is 0 Å². The topological polar surface area (TPSA) is 84.1 Å². The van der Waals surface area contributed by atoms with Gasteiger partial charge in [0.2, 0.25) is 0 Å². The minimum absolute atomic E-state index is 0.164. The Labute approximate surface area is 157 Å². The quantitative estimate of drug-likeness (QED) is 0.589. The zero-order valence-electron chi connectivity index (χ0n) is 14.5. The summed E-state index contributed by atoms with van der Waals surface area (Å²) < 4.78 is 28.6. The number of carbonyl (C=O) groups excluding carboxylic acids is 1. The molecule has 0 radical (unpaired) electrons. The van der Waals surface area contributed by atoms with E-state index in [-0.39, 0.29) is 5.69 Å². The van der Waals surface area contributed by atoms with Crippen molar-refractivity contribution < 1.29 is 13.6 Å². The van der Waals surface area contributed by atoms with Crippen molar-refractivity contribution in [3.05, 3.63) is 71.8 Å². The minimum Gasteiger partial charge on any atom is -0.348 e. The van der Waals surface area contributed by atoms with Crippen LogP contribution in [0.3, 0.4) is 0 Å². The summed E-state index contributed by atoms with van der Waals surface area (Å²) in [5.41, 5.74) is 2.91. The molecule has 142 valence electrons. The fourth-order valence-electron chi connectivity index (χ4n) is 3.67. The molecule has 0 bridgehead atoms. The van der Waals surface area contributed by atoms with Crippen LogP contribution in [0.15, 0.2) is 49.1 Å². The number of rotatable bonds is 3. The molecule has 5 rings (SSSR count). The second kappa shape index (κ2) is 6.25. The summed E-state index contributed by atoms with van der Waals surface area (Å²) in [4.78, 5) is 22.2. The van der Waals surface area contributed by atoms with Crippen LogP contribution in [0.1, 0.15) is 40.2 Å². The number of nitrogens with zero attached hydrogens (tertiary/aromatic N) is 6. The van der Waals surface area contributed by atoms with E-state index in [2.05, 4.69) is 20.2 Å². The number of amides is 1. The van der Waals surface area contributed by atoms with Crippen LogP contribution in [0.2, 0.25) is 0 Å². The number of imidazole rings is 1. The Balaban J connectivity index is 1.62. The van der Waals surface area contributed by atoms with Gasteiger partial charge in [0.1, 0.15) is 11.7 Å². The van der Waals surface area contributed by atoms with E-state index in [0.717, 1.165) is 11.2 Å². The van der Waals surface area contributed by atoms with Crippen LogP contribution in [0.25, 0.3) is 5.52 Å². The largest absolute Gasteiger partial charge is 0.348 e. The maximum atomic E-state index is 13.2. The zero-order valence-corrected chi connectivity index (χ0v) is 14.5. The Morgan fingerprint density at radius 2 is 2.18 bits per heavy atom. The highest BCUT2D eigenvalue weighted by Crippen LogP contribution is 2.34. The minimum atomic E-state index is -2.90. The molecular formula is C18H15F2N7O. The number of halogens is 2. The molecule has 4 aromatic heterocycles. The van der Waals surface area contributed by atoms with Gasteiger partial charge in [0.15, 0.2) is 0 Å². The van der Waals surface area contributed by atoms with Gasteiger partial charge in [0.25, 0.3) is 5.91 Å². The van der Waals surface area contributed by atoms with Crippen LogP contribution in [-0.2, 0) is 6.42 Å². The standard InChI is InChI=1S/C18H15F2N7O/c19-18(20)27-14(4-6-23-27)17(28)25-8-5-12-15(22-10-21-12)16(25)13-9-11-3-1-2-7-26(11)24-13/h1-4,6-7,9-10,16,18H,5,8H2,(H,21,22)/t16-/m1/s1. The van der Waals surface area contributed by atoms with E-state index in [1.807, 2.05) is 30.5 Å². The lowest BCUT2D eigenvalue weighted by molar-refractivity contribution is 0.0441. The SMILES string of the molecule is O=C(c1ccnn1C(F)F)N1CCc2[nH]cnc2[C@H]1c1cc2ccccn2n1. The number of nitrogens with one attached hydrogen (secondary N) is 1. The average molecular weight is 383 g/mol. The monoisotopic (exact) mass is 383 g/mol. The maximum absolute atomic E-state index is 13.2. The number of pyridine rings is 1. The Kier molecular flexibility index (Phi) is 3.71. The van der Waals surface area contributed by atoms with Gasteiger partial charge in [-0.3, -0.25) is 4.79 Å². The first-order valence-corrected chi connectivity index (χ1v) is 8.72. The highest BCUT2D eigenvalue weighted by atomic mass is 19.3. The van der Waals surface area contributed by atoms with Crippen molar-refractivity contribution in [2.45, 2.75) is 19.0 Å². The second-order valence-electron chi connectivity index (χ2n) is 6.50. The molecule has 0 fully saturated rings. The summed E-state index contributed by atoms with van der Waals surface area (Å²) in [7, 11) is 0. The van der Waals surface area contributed by atoms with E-state index in [0.29, 0.717) is 29.0 Å². The van der Waals surface area contributed by atoms with Crippen LogP contribution in [0.4, 0.5) is 8.78 Å². The smallest absolute Gasteiger partial charge is 0.333 e. The Bertz CT molecular complexity index is 1130. The third-order valence-electron chi connectivity index (χ3n) is 4.93. The third kappa shape index (κ3) is 2.48. The molecular weight excluding hydrogens is 368 g/mol. The fraction of sp³-hybridized carbons (Fsp3) is 0.222. The molecule has 0 spiro atoms. The Morgan fingerprint density at radius 1 is 1.29 bits per heavy atom. The van der Waals surface area contributed by atoms with Gasteiger partial charge in [-0.25, -0.2) is 9.50 Å². The molecule has 0 unspecified atom stereocenters. The molecule has 8 nitrogen and oxygen atoms in total. The van der Waals surface area contributed by atoms with Crippen molar-refractivity contribution in [1.29, 1.82) is 0 Å². The van der Waals surface area contributed by atoms with E-state index in [4.69, 9.17) is 0 Å². The van der Waals surface area contributed by atoms with Gasteiger partial charge in [0, 0.05) is 31.1 Å². The zero-order chi connectivity index (χ0) is 19.3. The van der Waals surface area contributed by atoms with Crippen LogP contribution in [0.5, 0.6) is 0 Å². The molecule has 1 amide bonds. The summed E-state index contributed by atoms with van der Waals surface area (Å²) in [6, 6.07) is 8.25. The highest BCUT2D eigenvalue weighted by molar-refractivity contribution is 5.93. The van der Waals surface area contributed by atoms with Gasteiger partial charge in [-0.15, -0.1) is 0 Å². The summed E-state index contributed by atoms with van der Waals surface area (Å²) in [5, 5.41) is 8.16.